The lowest BCUT2D eigenvalue weighted by atomic mass is 10.2. The first kappa shape index (κ1) is 23.6. The van der Waals surface area contributed by atoms with Gasteiger partial charge >= 0.3 is 0 Å². The maximum absolute atomic E-state index is 13.2. The Morgan fingerprint density at radius 2 is 1.52 bits per heavy atom. The first-order valence-electron chi connectivity index (χ1n) is 10.8. The molecule has 0 aliphatic carbocycles. The van der Waals surface area contributed by atoms with E-state index in [9.17, 15) is 21.6 Å². The fraction of sp³-hybridized carbons (Fsp3) is 0.348. The van der Waals surface area contributed by atoms with Crippen molar-refractivity contribution in [2.45, 2.75) is 24.7 Å². The molecule has 0 unspecified atom stereocenters. The van der Waals surface area contributed by atoms with Gasteiger partial charge in [0, 0.05) is 50.2 Å². The second-order valence-electron chi connectivity index (χ2n) is 8.16. The summed E-state index contributed by atoms with van der Waals surface area (Å²) in [6.07, 6.45) is 2.84. The number of carbonyl (C=O) groups excluding carboxylic acids is 1. The highest BCUT2D eigenvalue weighted by molar-refractivity contribution is 7.92. The van der Waals surface area contributed by atoms with Gasteiger partial charge in [-0.05, 0) is 48.7 Å². The summed E-state index contributed by atoms with van der Waals surface area (Å²) in [5.74, 6) is 0.0450. The fourth-order valence-corrected chi connectivity index (χ4v) is 6.93. The Morgan fingerprint density at radius 3 is 2.12 bits per heavy atom. The van der Waals surface area contributed by atoms with Crippen LogP contribution in [-0.2, 0) is 24.8 Å². The standard InChI is InChI=1S/C23H27N3O5S2/c1-19-18-21(26-12-5-8-23(26)27)9-10-22(19)33(30,31)25-15-13-24(14-16-25)32(28,29)17-11-20-6-3-2-4-7-20/h2-4,6-7,9-11,17-18H,5,8,12-16H2,1H3/b17-11+. The molecule has 0 atom stereocenters. The Bertz CT molecular complexity index is 1270. The molecule has 0 bridgehead atoms. The third-order valence-corrected chi connectivity index (χ3v) is 9.57. The van der Waals surface area contributed by atoms with Gasteiger partial charge in [0.15, 0.2) is 0 Å². The van der Waals surface area contributed by atoms with Gasteiger partial charge < -0.3 is 4.90 Å². The lowest BCUT2D eigenvalue weighted by Crippen LogP contribution is -2.50. The molecule has 2 aromatic rings. The number of carbonyl (C=O) groups is 1. The predicted octanol–water partition coefficient (Wildman–Crippen LogP) is 2.43. The number of sulfonamides is 2. The molecule has 2 heterocycles. The molecule has 1 amide bonds. The molecule has 0 aromatic heterocycles. The van der Waals surface area contributed by atoms with Gasteiger partial charge in [-0.1, -0.05) is 30.3 Å². The summed E-state index contributed by atoms with van der Waals surface area (Å²) in [6.45, 7) is 2.67. The summed E-state index contributed by atoms with van der Waals surface area (Å²) in [4.78, 5) is 13.9. The molecule has 2 aliphatic rings. The minimum absolute atomic E-state index is 0.0450. The van der Waals surface area contributed by atoms with Crippen LogP contribution in [0.15, 0.2) is 58.8 Å². The number of nitrogens with zero attached hydrogens (tertiary/aromatic N) is 3. The van der Waals surface area contributed by atoms with E-state index >= 15 is 0 Å². The minimum Gasteiger partial charge on any atom is -0.312 e. The number of piperazine rings is 1. The second-order valence-corrected chi connectivity index (χ2v) is 11.9. The molecule has 33 heavy (non-hydrogen) atoms. The summed E-state index contributed by atoms with van der Waals surface area (Å²) in [7, 11) is -7.43. The van der Waals surface area contributed by atoms with Gasteiger partial charge in [-0.15, -0.1) is 0 Å². The monoisotopic (exact) mass is 489 g/mol. The average molecular weight is 490 g/mol. The topological polar surface area (TPSA) is 95.1 Å². The lowest BCUT2D eigenvalue weighted by molar-refractivity contribution is -0.117. The van der Waals surface area contributed by atoms with Crippen molar-refractivity contribution in [1.29, 1.82) is 0 Å². The van der Waals surface area contributed by atoms with Crippen molar-refractivity contribution in [2.24, 2.45) is 0 Å². The number of hydrogen-bond donors (Lipinski definition) is 0. The zero-order chi connectivity index (χ0) is 23.6. The Labute approximate surface area is 195 Å². The average Bonchev–Trinajstić information content (AvgIpc) is 3.24. The van der Waals surface area contributed by atoms with Crippen LogP contribution in [0.25, 0.3) is 6.08 Å². The van der Waals surface area contributed by atoms with E-state index in [-0.39, 0.29) is 37.0 Å². The van der Waals surface area contributed by atoms with Crippen LogP contribution >= 0.6 is 0 Å². The molecule has 0 N–H and O–H groups in total. The molecule has 2 aromatic carbocycles. The molecule has 8 nitrogen and oxygen atoms in total. The van der Waals surface area contributed by atoms with Crippen molar-refractivity contribution in [3.8, 4) is 0 Å². The Hall–Kier alpha value is -2.53. The van der Waals surface area contributed by atoms with E-state index in [1.54, 1.807) is 24.0 Å². The summed E-state index contributed by atoms with van der Waals surface area (Å²) < 4.78 is 54.4. The highest BCUT2D eigenvalue weighted by Gasteiger charge is 2.33. The van der Waals surface area contributed by atoms with E-state index < -0.39 is 20.0 Å². The van der Waals surface area contributed by atoms with Crippen molar-refractivity contribution in [3.05, 3.63) is 65.1 Å². The lowest BCUT2D eigenvalue weighted by Gasteiger charge is -2.33. The van der Waals surface area contributed by atoms with E-state index in [2.05, 4.69) is 0 Å². The van der Waals surface area contributed by atoms with Crippen molar-refractivity contribution < 1.29 is 21.6 Å². The van der Waals surface area contributed by atoms with Crippen molar-refractivity contribution in [1.82, 2.24) is 8.61 Å². The SMILES string of the molecule is Cc1cc(N2CCCC2=O)ccc1S(=O)(=O)N1CCN(S(=O)(=O)/C=C/c2ccccc2)CC1. The number of amides is 1. The number of anilines is 1. The van der Waals surface area contributed by atoms with Gasteiger partial charge in [0.1, 0.15) is 0 Å². The summed E-state index contributed by atoms with van der Waals surface area (Å²) in [5, 5.41) is 1.16. The summed E-state index contributed by atoms with van der Waals surface area (Å²) in [6, 6.07) is 14.1. The van der Waals surface area contributed by atoms with Crippen LogP contribution in [-0.4, -0.2) is 64.1 Å². The van der Waals surface area contributed by atoms with Crippen molar-refractivity contribution in [2.75, 3.05) is 37.6 Å². The quantitative estimate of drug-likeness (QED) is 0.621. The van der Waals surface area contributed by atoms with Gasteiger partial charge in [0.05, 0.1) is 4.90 Å². The van der Waals surface area contributed by atoms with E-state index in [1.807, 2.05) is 30.3 Å². The molecule has 0 saturated carbocycles. The summed E-state index contributed by atoms with van der Waals surface area (Å²) >= 11 is 0. The van der Waals surface area contributed by atoms with Gasteiger partial charge in [-0.25, -0.2) is 16.8 Å². The number of aryl methyl sites for hydroxylation is 1. The molecule has 2 saturated heterocycles. The first-order valence-corrected chi connectivity index (χ1v) is 13.8. The van der Waals surface area contributed by atoms with Gasteiger partial charge in [-0.2, -0.15) is 8.61 Å². The maximum Gasteiger partial charge on any atom is 0.243 e. The van der Waals surface area contributed by atoms with E-state index in [0.717, 1.165) is 17.4 Å². The first-order chi connectivity index (χ1) is 15.7. The second kappa shape index (κ2) is 9.38. The van der Waals surface area contributed by atoms with Crippen LogP contribution in [0.4, 0.5) is 5.69 Å². The highest BCUT2D eigenvalue weighted by Crippen LogP contribution is 2.28. The van der Waals surface area contributed by atoms with Crippen LogP contribution in [0.2, 0.25) is 0 Å². The van der Waals surface area contributed by atoms with Gasteiger partial charge in [0.25, 0.3) is 0 Å². The molecular weight excluding hydrogens is 462 g/mol. The molecule has 176 valence electrons. The molecule has 2 aliphatic heterocycles. The third-order valence-electron chi connectivity index (χ3n) is 5.95. The van der Waals surface area contributed by atoms with Gasteiger partial charge in [-0.3, -0.25) is 4.79 Å². The van der Waals surface area contributed by atoms with Crippen LogP contribution in [0, 0.1) is 6.92 Å². The van der Waals surface area contributed by atoms with E-state index in [4.69, 9.17) is 0 Å². The molecule has 4 rings (SSSR count). The van der Waals surface area contributed by atoms with Crippen molar-refractivity contribution >= 4 is 37.7 Å². The van der Waals surface area contributed by atoms with Crippen LogP contribution in [0.1, 0.15) is 24.0 Å². The Morgan fingerprint density at radius 1 is 0.848 bits per heavy atom. The zero-order valence-corrected chi connectivity index (χ0v) is 20.1. The van der Waals surface area contributed by atoms with Crippen LogP contribution < -0.4 is 4.90 Å². The number of rotatable bonds is 6. The highest BCUT2D eigenvalue weighted by atomic mass is 32.2. The maximum atomic E-state index is 13.2. The molecule has 2 fully saturated rings. The zero-order valence-electron chi connectivity index (χ0n) is 18.4. The largest absolute Gasteiger partial charge is 0.312 e. The smallest absolute Gasteiger partial charge is 0.243 e. The molecule has 10 heteroatoms. The molecule has 0 radical (unpaired) electrons. The van der Waals surface area contributed by atoms with E-state index in [1.165, 1.54) is 20.8 Å². The van der Waals surface area contributed by atoms with Crippen LogP contribution in [0.3, 0.4) is 0 Å². The van der Waals surface area contributed by atoms with Gasteiger partial charge in [0.2, 0.25) is 26.0 Å². The fourth-order valence-electron chi connectivity index (χ4n) is 4.13. The number of benzene rings is 2. The predicted molar refractivity (Wildman–Crippen MR) is 127 cm³/mol. The normalized spacial score (nSPS) is 18.9. The third kappa shape index (κ3) is 5.03. The Kier molecular flexibility index (Phi) is 6.71. The molecule has 0 spiro atoms. The Balaban J connectivity index is 1.44. The van der Waals surface area contributed by atoms with Crippen molar-refractivity contribution in [3.63, 3.8) is 0 Å². The van der Waals surface area contributed by atoms with Crippen LogP contribution in [0.5, 0.6) is 0 Å². The molecular formula is C23H27N3O5S2. The number of hydrogen-bond acceptors (Lipinski definition) is 5. The minimum atomic E-state index is -3.78. The summed E-state index contributed by atoms with van der Waals surface area (Å²) in [5.41, 5.74) is 2.04. The van der Waals surface area contributed by atoms with E-state index in [0.29, 0.717) is 24.2 Å².